The van der Waals surface area contributed by atoms with Gasteiger partial charge in [0.25, 0.3) is 11.8 Å². The number of nitrogens with zero attached hydrogens (tertiary/aromatic N) is 3. The van der Waals surface area contributed by atoms with Crippen LogP contribution >= 0.6 is 0 Å². The number of aliphatic hydroxyl groups excluding tert-OH is 1. The van der Waals surface area contributed by atoms with Gasteiger partial charge in [-0.3, -0.25) is 33.9 Å². The number of aromatic hydroxyl groups is 1. The number of piperazine rings is 1. The summed E-state index contributed by atoms with van der Waals surface area (Å²) in [7, 11) is 4.69. The van der Waals surface area contributed by atoms with Crippen LogP contribution in [0.15, 0.2) is 52.8 Å². The minimum absolute atomic E-state index is 0.00499. The third kappa shape index (κ3) is 3.60. The molecule has 1 fully saturated rings. The molecule has 4 heterocycles. The molecule has 44 heavy (non-hydrogen) atoms. The van der Waals surface area contributed by atoms with Gasteiger partial charge in [0, 0.05) is 34.9 Å². The second-order valence-electron chi connectivity index (χ2n) is 12.2. The van der Waals surface area contributed by atoms with E-state index in [1.165, 1.54) is 14.2 Å². The van der Waals surface area contributed by atoms with Crippen LogP contribution in [0.25, 0.3) is 0 Å². The molecule has 1 saturated heterocycles. The van der Waals surface area contributed by atoms with E-state index in [4.69, 9.17) is 9.47 Å². The number of imide groups is 1. The molecule has 2 aromatic carbocycles. The Hall–Kier alpha value is -4.32. The maximum atomic E-state index is 14.0. The van der Waals surface area contributed by atoms with Crippen molar-refractivity contribution in [2.24, 2.45) is 0 Å². The lowest BCUT2D eigenvalue weighted by molar-refractivity contribution is -0.168. The van der Waals surface area contributed by atoms with Crippen LogP contribution in [0.4, 0.5) is 0 Å². The van der Waals surface area contributed by atoms with Crippen LogP contribution in [-0.4, -0.2) is 100 Å². The topological polar surface area (TPSA) is 137 Å². The van der Waals surface area contributed by atoms with Crippen molar-refractivity contribution in [2.75, 3.05) is 27.8 Å². The zero-order chi connectivity index (χ0) is 31.4. The number of aryl methyl sites for hydroxylation is 1. The molecule has 2 bridgehead atoms. The van der Waals surface area contributed by atoms with Gasteiger partial charge in [0.1, 0.15) is 6.23 Å². The number of carbonyl (C=O) groups excluding carboxylic acids is 4. The summed E-state index contributed by atoms with van der Waals surface area (Å²) in [5, 5.41) is 23.6. The van der Waals surface area contributed by atoms with Crippen molar-refractivity contribution >= 4 is 23.4 Å². The second kappa shape index (κ2) is 9.85. The van der Waals surface area contributed by atoms with Gasteiger partial charge in [-0.15, -0.1) is 0 Å². The molecule has 2 N–H and O–H groups in total. The lowest BCUT2D eigenvalue weighted by Gasteiger charge is -2.60. The predicted octanol–water partition coefficient (Wildman–Crippen LogP) is 2.05. The fourth-order valence-electron chi connectivity index (χ4n) is 8.18. The summed E-state index contributed by atoms with van der Waals surface area (Å²) >= 11 is 0. The van der Waals surface area contributed by atoms with E-state index in [9.17, 15) is 29.4 Å². The van der Waals surface area contributed by atoms with Crippen molar-refractivity contribution in [3.8, 4) is 11.5 Å². The van der Waals surface area contributed by atoms with Crippen molar-refractivity contribution in [3.05, 3.63) is 80.6 Å². The SMILES string of the molecule is COC1=C(C)C(=O)C2=C(C1=O)C(CN1C(=O)c3ccccc3C1=O)N1C(C2)[C@H]2c3c(cc(C)c(OC)c3O)C[C@@H](C1O)N2C. The third-order valence-corrected chi connectivity index (χ3v) is 10.1. The molecule has 11 nitrogen and oxygen atoms in total. The summed E-state index contributed by atoms with van der Waals surface area (Å²) in [6.45, 7) is 3.13. The Balaban J connectivity index is 1.41. The van der Waals surface area contributed by atoms with E-state index in [1.807, 2.05) is 24.9 Å². The maximum Gasteiger partial charge on any atom is 0.261 e. The van der Waals surface area contributed by atoms with Gasteiger partial charge in [0.2, 0.25) is 5.78 Å². The molecule has 228 valence electrons. The number of methoxy groups -OCH3 is 2. The Bertz CT molecular complexity index is 1720. The Labute approximate surface area is 253 Å². The molecule has 0 radical (unpaired) electrons. The summed E-state index contributed by atoms with van der Waals surface area (Å²) in [5.74, 6) is -1.62. The number of likely N-dealkylation sites (N-methyl/N-ethyl adjacent to an activating group) is 1. The van der Waals surface area contributed by atoms with E-state index < -0.39 is 48.0 Å². The number of hydrogen-bond donors (Lipinski definition) is 2. The lowest BCUT2D eigenvalue weighted by atomic mass is 9.71. The van der Waals surface area contributed by atoms with Crippen LogP contribution in [0.2, 0.25) is 0 Å². The lowest BCUT2D eigenvalue weighted by Crippen LogP contribution is -2.71. The molecule has 2 aromatic rings. The number of hydrogen-bond acceptors (Lipinski definition) is 10. The predicted molar refractivity (Wildman–Crippen MR) is 156 cm³/mol. The highest BCUT2D eigenvalue weighted by Crippen LogP contribution is 2.53. The Morgan fingerprint density at radius 3 is 2.20 bits per heavy atom. The second-order valence-corrected chi connectivity index (χ2v) is 12.2. The fraction of sp³-hybridized carbons (Fsp3) is 0.394. The van der Waals surface area contributed by atoms with Crippen LogP contribution in [0.5, 0.6) is 11.5 Å². The molecule has 5 atom stereocenters. The molecule has 11 heteroatoms. The van der Waals surface area contributed by atoms with E-state index in [1.54, 1.807) is 36.1 Å². The average molecular weight is 600 g/mol. The van der Waals surface area contributed by atoms with Crippen LogP contribution in [0, 0.1) is 6.92 Å². The fourth-order valence-corrected chi connectivity index (χ4v) is 8.18. The first-order chi connectivity index (χ1) is 21.0. The normalized spacial score (nSPS) is 28.2. The maximum absolute atomic E-state index is 14.0. The molecule has 7 rings (SSSR count). The van der Waals surface area contributed by atoms with E-state index in [0.717, 1.165) is 16.0 Å². The summed E-state index contributed by atoms with van der Waals surface area (Å²) in [6, 6.07) is 5.92. The minimum Gasteiger partial charge on any atom is -0.504 e. The van der Waals surface area contributed by atoms with E-state index in [0.29, 0.717) is 17.7 Å². The standard InChI is InChI=1S/C33H33N3O8/c1-14-10-16-11-21-33(42)36-20(25(34(21)3)23(16)27(38)29(14)43-4)12-19-24(28(39)30(44-5)15(2)26(19)37)22(36)13-35-31(40)17-8-6-7-9-18(17)32(35)41/h6-10,20-22,25,33,38,42H,11-13H2,1-5H3/t20?,21-,22?,25-,33?/m0/s1. The van der Waals surface area contributed by atoms with E-state index in [2.05, 4.69) is 0 Å². The summed E-state index contributed by atoms with van der Waals surface area (Å²) in [5.41, 5.74) is 3.35. The summed E-state index contributed by atoms with van der Waals surface area (Å²) in [4.78, 5) is 59.8. The quantitative estimate of drug-likeness (QED) is 0.397. The molecule has 0 aromatic heterocycles. The van der Waals surface area contributed by atoms with E-state index >= 15 is 0 Å². The smallest absolute Gasteiger partial charge is 0.261 e. The molecule has 0 saturated carbocycles. The molecule has 4 aliphatic heterocycles. The van der Waals surface area contributed by atoms with Gasteiger partial charge < -0.3 is 19.7 Å². The monoisotopic (exact) mass is 599 g/mol. The van der Waals surface area contributed by atoms with Crippen LogP contribution in [0.1, 0.15) is 56.8 Å². The zero-order valence-electron chi connectivity index (χ0n) is 25.1. The first-order valence-corrected chi connectivity index (χ1v) is 14.6. The minimum atomic E-state index is -1.13. The number of aliphatic hydroxyl groups is 1. The van der Waals surface area contributed by atoms with Gasteiger partial charge in [-0.1, -0.05) is 18.2 Å². The largest absolute Gasteiger partial charge is 0.504 e. The van der Waals surface area contributed by atoms with Gasteiger partial charge in [0.15, 0.2) is 23.0 Å². The van der Waals surface area contributed by atoms with Crippen LogP contribution < -0.4 is 4.74 Å². The number of benzene rings is 2. The number of ether oxygens (including phenoxy) is 2. The molecule has 3 unspecified atom stereocenters. The molecule has 2 amide bonds. The molecule has 1 aliphatic carbocycles. The molecular weight excluding hydrogens is 566 g/mol. The molecular formula is C33H33N3O8. The first kappa shape index (κ1) is 28.5. The number of carbonyl (C=O) groups is 4. The highest BCUT2D eigenvalue weighted by atomic mass is 16.5. The van der Waals surface area contributed by atoms with Crippen molar-refractivity contribution in [3.63, 3.8) is 0 Å². The number of phenols is 1. The Kier molecular flexibility index (Phi) is 6.37. The Morgan fingerprint density at radius 1 is 0.932 bits per heavy atom. The molecule has 0 spiro atoms. The van der Waals surface area contributed by atoms with Gasteiger partial charge in [-0.25, -0.2) is 0 Å². The summed E-state index contributed by atoms with van der Waals surface area (Å²) in [6.07, 6.45) is -0.638. The summed E-state index contributed by atoms with van der Waals surface area (Å²) < 4.78 is 10.9. The van der Waals surface area contributed by atoms with Crippen molar-refractivity contribution in [1.29, 1.82) is 0 Å². The first-order valence-electron chi connectivity index (χ1n) is 14.6. The van der Waals surface area contributed by atoms with Crippen molar-refractivity contribution in [1.82, 2.24) is 14.7 Å². The van der Waals surface area contributed by atoms with Crippen molar-refractivity contribution < 1.29 is 38.9 Å². The van der Waals surface area contributed by atoms with Gasteiger partial charge in [0.05, 0.1) is 43.5 Å². The third-order valence-electron chi connectivity index (χ3n) is 10.1. The zero-order valence-corrected chi connectivity index (χ0v) is 25.1. The van der Waals surface area contributed by atoms with Gasteiger partial charge in [-0.05, 0) is 57.0 Å². The highest BCUT2D eigenvalue weighted by Gasteiger charge is 2.58. The average Bonchev–Trinajstić information content (AvgIpc) is 3.23. The number of rotatable bonds is 4. The van der Waals surface area contributed by atoms with Crippen LogP contribution in [-0.2, 0) is 20.7 Å². The highest BCUT2D eigenvalue weighted by molar-refractivity contribution is 6.25. The number of allylic oxidation sites excluding steroid dienone is 2. The van der Waals surface area contributed by atoms with Gasteiger partial charge in [-0.2, -0.15) is 0 Å². The molecule has 5 aliphatic rings. The number of ketones is 2. The number of Topliss-reactive ketones (excluding diaryl/α,β-unsaturated/α-hetero) is 2. The Morgan fingerprint density at radius 2 is 1.59 bits per heavy atom. The van der Waals surface area contributed by atoms with Crippen molar-refractivity contribution in [2.45, 2.75) is 57.1 Å². The number of fused-ring (bicyclic) bond motifs is 7. The number of phenolic OH excluding ortho intramolecular Hbond substituents is 1. The number of amides is 2. The van der Waals surface area contributed by atoms with Gasteiger partial charge >= 0.3 is 0 Å². The van der Waals surface area contributed by atoms with Crippen LogP contribution in [0.3, 0.4) is 0 Å². The van der Waals surface area contributed by atoms with E-state index in [-0.39, 0.29) is 58.1 Å².